The fraction of sp³-hybridized carbons (Fsp3) is 0.217. The van der Waals surface area contributed by atoms with Crippen LogP contribution in [0.4, 0.5) is 0 Å². The third-order valence-electron chi connectivity index (χ3n) is 11.6. The second kappa shape index (κ2) is 13.5. The second-order valence-electron chi connectivity index (χ2n) is 14.8. The van der Waals surface area contributed by atoms with E-state index in [1.54, 1.807) is 22.3 Å². The molecule has 0 aliphatic heterocycles. The second-order valence-corrected chi connectivity index (χ2v) is 39.8. The van der Waals surface area contributed by atoms with Gasteiger partial charge in [-0.3, -0.25) is 0 Å². The number of hydrogen-bond acceptors (Lipinski definition) is 0. The van der Waals surface area contributed by atoms with Crippen molar-refractivity contribution in [3.8, 4) is 22.3 Å². The monoisotopic (exact) mass is 872 g/mol. The molecule has 0 N–H and O–H groups in total. The molecule has 2 saturated carbocycles. The third-order valence-corrected chi connectivity index (χ3v) is 39.1. The molecule has 0 radical (unpaired) electrons. The van der Waals surface area contributed by atoms with E-state index >= 15 is 0 Å². The predicted molar refractivity (Wildman–Crippen MR) is 218 cm³/mol. The van der Waals surface area contributed by atoms with Gasteiger partial charge in [0.15, 0.2) is 0 Å². The van der Waals surface area contributed by atoms with E-state index in [-0.39, 0.29) is 24.8 Å². The fourth-order valence-electron chi connectivity index (χ4n) is 9.22. The Morgan fingerprint density at radius 1 is 0.460 bits per heavy atom. The minimum Gasteiger partial charge on any atom is -0.147 e. The third kappa shape index (κ3) is 5.57. The van der Waals surface area contributed by atoms with E-state index in [1.165, 1.54) is 69.5 Å². The normalized spacial score (nSPS) is 18.8. The van der Waals surface area contributed by atoms with Gasteiger partial charge < -0.3 is 0 Å². The van der Waals surface area contributed by atoms with Crippen molar-refractivity contribution in [1.82, 2.24) is 0 Å². The van der Waals surface area contributed by atoms with Gasteiger partial charge in [0.2, 0.25) is 0 Å². The molecule has 6 aromatic rings. The SMILES string of the molecule is C[Si](C)=[Hf]([CH]1C(C2CC2)=Cc2c(-c3cccc4ccccc34)cccc21)[CH]1C(C2CC2)=Cc2c(-c3cccc4ccccc34)cccc21.Cl.Cl. The Bertz CT molecular complexity index is 2230. The van der Waals surface area contributed by atoms with Crippen LogP contribution in [0.25, 0.3) is 56.0 Å². The number of allylic oxidation sites excluding steroid dienone is 2. The predicted octanol–water partition coefficient (Wildman–Crippen LogP) is 13.4. The van der Waals surface area contributed by atoms with Gasteiger partial charge in [-0.05, 0) is 0 Å². The molecule has 0 amide bonds. The van der Waals surface area contributed by atoms with Crippen molar-refractivity contribution in [2.75, 3.05) is 0 Å². The average molecular weight is 872 g/mol. The Morgan fingerprint density at radius 2 is 0.840 bits per heavy atom. The summed E-state index contributed by atoms with van der Waals surface area (Å²) in [5.74, 6) is 1.58. The number of halogens is 2. The maximum absolute atomic E-state index is 2.73. The number of benzene rings is 6. The van der Waals surface area contributed by atoms with Crippen molar-refractivity contribution in [3.05, 3.63) is 155 Å². The molecule has 0 saturated heterocycles. The molecule has 50 heavy (non-hydrogen) atoms. The molecule has 2 fully saturated rings. The summed E-state index contributed by atoms with van der Waals surface area (Å²) in [7, 11) is 0. The minimum atomic E-state index is -2.47. The van der Waals surface area contributed by atoms with Crippen molar-refractivity contribution in [3.63, 3.8) is 0 Å². The van der Waals surface area contributed by atoms with Gasteiger partial charge in [0.05, 0.1) is 0 Å². The van der Waals surface area contributed by atoms with Crippen LogP contribution in [0.1, 0.15) is 55.3 Å². The Labute approximate surface area is 316 Å². The van der Waals surface area contributed by atoms with E-state index in [2.05, 4.69) is 147 Å². The summed E-state index contributed by atoms with van der Waals surface area (Å²) < 4.78 is 1.41. The molecule has 0 spiro atoms. The summed E-state index contributed by atoms with van der Waals surface area (Å²) in [5.41, 5.74) is 15.3. The van der Waals surface area contributed by atoms with E-state index in [1.807, 2.05) is 11.1 Å². The zero-order valence-electron chi connectivity index (χ0n) is 28.7. The van der Waals surface area contributed by atoms with Crippen molar-refractivity contribution in [2.45, 2.75) is 46.1 Å². The first-order valence-corrected chi connectivity index (χ1v) is 30.0. The molecular formula is C46H42Cl2HfSi. The topological polar surface area (TPSA) is 0 Å². The largest absolute Gasteiger partial charge is 0.147 e. The van der Waals surface area contributed by atoms with Gasteiger partial charge in [-0.15, -0.1) is 24.8 Å². The fourth-order valence-corrected chi connectivity index (χ4v) is 38.4. The summed E-state index contributed by atoms with van der Waals surface area (Å²) in [6.07, 6.45) is 11.0. The summed E-state index contributed by atoms with van der Waals surface area (Å²) in [6.45, 7) is 5.42. The van der Waals surface area contributed by atoms with Crippen molar-refractivity contribution >= 4 is 64.0 Å². The Kier molecular flexibility index (Phi) is 9.21. The summed E-state index contributed by atoms with van der Waals surface area (Å²) in [4.78, 5) is 0. The first-order valence-electron chi connectivity index (χ1n) is 18.0. The molecule has 248 valence electrons. The molecule has 4 aliphatic rings. The van der Waals surface area contributed by atoms with Gasteiger partial charge in [0.1, 0.15) is 0 Å². The molecule has 2 unspecified atom stereocenters. The van der Waals surface area contributed by atoms with Crippen molar-refractivity contribution < 1.29 is 20.1 Å². The summed E-state index contributed by atoms with van der Waals surface area (Å²) in [6, 6.07) is 46.4. The smallest absolute Gasteiger partial charge is 0.147 e. The van der Waals surface area contributed by atoms with Crippen molar-refractivity contribution in [1.29, 1.82) is 0 Å². The Hall–Kier alpha value is -3.01. The van der Waals surface area contributed by atoms with Gasteiger partial charge in [-0.25, -0.2) is 0 Å². The molecule has 0 nitrogen and oxygen atoms in total. The van der Waals surface area contributed by atoms with E-state index in [0.29, 0.717) is 7.35 Å². The van der Waals surface area contributed by atoms with E-state index in [0.717, 1.165) is 11.8 Å². The molecule has 4 heteroatoms. The number of fused-ring (bicyclic) bond motifs is 4. The standard InChI is InChI=1S/2C22H17.C2H6Si.2ClH.Hf/c2*1-2-8-19-16(5-1)6-3-9-20(19)21-10-4-7-17-13-18(14-22(17)21)15-11-12-15;1-3-2;;;/h2*1-10,13-15H,11-12H2;1-2H3;2*1H;. The molecule has 0 aromatic heterocycles. The maximum atomic E-state index is 2.73. The van der Waals surface area contributed by atoms with Crippen LogP contribution in [-0.2, 0) is 20.1 Å². The van der Waals surface area contributed by atoms with Gasteiger partial charge in [0.25, 0.3) is 0 Å². The van der Waals surface area contributed by atoms with Crippen LogP contribution in [0.15, 0.2) is 132 Å². The quantitative estimate of drug-likeness (QED) is 0.146. The summed E-state index contributed by atoms with van der Waals surface area (Å²) in [5, 5.41) is 5.42. The van der Waals surface area contributed by atoms with Crippen molar-refractivity contribution in [2.24, 2.45) is 11.8 Å². The van der Waals surface area contributed by atoms with Crippen LogP contribution in [0.2, 0.25) is 13.1 Å². The maximum Gasteiger partial charge on any atom is -0.147 e. The Morgan fingerprint density at radius 3 is 1.26 bits per heavy atom. The first kappa shape index (κ1) is 34.1. The van der Waals surface area contributed by atoms with Crippen LogP contribution in [0, 0.1) is 11.8 Å². The number of hydrogen-bond donors (Lipinski definition) is 0. The zero-order valence-corrected chi connectivity index (χ0v) is 34.9. The summed E-state index contributed by atoms with van der Waals surface area (Å²) >= 11 is -2.47. The van der Waals surface area contributed by atoms with Gasteiger partial charge in [-0.1, -0.05) is 0 Å². The average Bonchev–Trinajstić information content (AvgIpc) is 4.07. The van der Waals surface area contributed by atoms with Gasteiger partial charge in [0, 0.05) is 0 Å². The van der Waals surface area contributed by atoms with Crippen LogP contribution < -0.4 is 0 Å². The number of rotatable bonds is 6. The van der Waals surface area contributed by atoms with Gasteiger partial charge in [-0.2, -0.15) is 0 Å². The minimum absolute atomic E-state index is 0. The molecule has 0 heterocycles. The van der Waals surface area contributed by atoms with Crippen LogP contribution in [-0.4, -0.2) is 5.49 Å². The zero-order chi connectivity index (χ0) is 31.9. The molecular weight excluding hydrogens is 830 g/mol. The van der Waals surface area contributed by atoms with Crippen LogP contribution in [0.3, 0.4) is 0 Å². The van der Waals surface area contributed by atoms with Crippen LogP contribution >= 0.6 is 24.8 Å². The molecule has 4 aliphatic carbocycles. The first-order chi connectivity index (χ1) is 23.7. The van der Waals surface area contributed by atoms with E-state index in [4.69, 9.17) is 0 Å². The molecule has 0 bridgehead atoms. The van der Waals surface area contributed by atoms with E-state index < -0.39 is 25.6 Å². The Balaban J connectivity index is 0.00000180. The van der Waals surface area contributed by atoms with Gasteiger partial charge >= 0.3 is 294 Å². The van der Waals surface area contributed by atoms with E-state index in [9.17, 15) is 0 Å². The molecule has 6 aromatic carbocycles. The molecule has 10 rings (SSSR count). The molecule has 2 atom stereocenters. The van der Waals surface area contributed by atoms with Crippen LogP contribution in [0.5, 0.6) is 0 Å².